The van der Waals surface area contributed by atoms with Gasteiger partial charge in [0.05, 0.1) is 0 Å². The average Bonchev–Trinajstić information content (AvgIpc) is 1.00. The van der Waals surface area contributed by atoms with Gasteiger partial charge in [0.15, 0.2) is 0 Å². The van der Waals surface area contributed by atoms with Crippen LogP contribution in [-0.4, -0.2) is 41.5 Å². The van der Waals surface area contributed by atoms with Crippen LogP contribution in [0.1, 0.15) is 0 Å². The van der Waals surface area contributed by atoms with Gasteiger partial charge < -0.3 is 4.80 Å². The van der Waals surface area contributed by atoms with Gasteiger partial charge >= 0.3 is 26.2 Å². The van der Waals surface area contributed by atoms with Gasteiger partial charge in [-0.3, -0.25) is 0 Å². The standard InChI is InChI=1S/Bi.Fe.H4OSi.3H/c;;1-2;;;/h;;1H,2H3;;;. The van der Waals surface area contributed by atoms with Crippen LogP contribution in [0.3, 0.4) is 0 Å². The topological polar surface area (TPSA) is 20.2 Å². The van der Waals surface area contributed by atoms with E-state index in [1.807, 2.05) is 0 Å². The minimum absolute atomic E-state index is 0. The van der Waals surface area contributed by atoms with Crippen LogP contribution in [0, 0.1) is 0 Å². The van der Waals surface area contributed by atoms with Crippen molar-refractivity contribution in [3.05, 3.63) is 0 Å². The molecule has 30 valence electrons. The third-order valence-corrected chi connectivity index (χ3v) is 0. The largest absolute Gasteiger partial charge is 0 e. The van der Waals surface area contributed by atoms with Crippen LogP contribution in [0.25, 0.3) is 0 Å². The first-order valence-corrected chi connectivity index (χ1v) is 1.34. The second-order valence-corrected chi connectivity index (χ2v) is 0. The molecule has 0 radical (unpaired) electrons. The van der Waals surface area contributed by atoms with Crippen molar-refractivity contribution < 1.29 is 21.9 Å². The van der Waals surface area contributed by atoms with E-state index >= 15 is 0 Å². The second-order valence-electron chi connectivity index (χ2n) is 0. The minimum atomic E-state index is 0. The van der Waals surface area contributed by atoms with E-state index in [4.69, 9.17) is 4.80 Å². The maximum Gasteiger partial charge on any atom is 0 e. The van der Waals surface area contributed by atoms with Gasteiger partial charge in [-0.05, 0) is 0 Å². The Hall–Kier alpha value is 1.58. The summed E-state index contributed by atoms with van der Waals surface area (Å²) in [6.45, 7) is 0. The van der Waals surface area contributed by atoms with Crippen LogP contribution < -0.4 is 0 Å². The molecule has 0 rings (SSSR count). The molecule has 0 aromatic carbocycles. The molecule has 0 aliphatic rings. The number of rotatable bonds is 0. The van der Waals surface area contributed by atoms with Crippen LogP contribution in [0.15, 0.2) is 0 Å². The molecular formula is H7BiFeOSi. The Morgan fingerprint density at radius 2 is 1.25 bits per heavy atom. The van der Waals surface area contributed by atoms with E-state index in [9.17, 15) is 0 Å². The summed E-state index contributed by atoms with van der Waals surface area (Å²) in [6, 6.07) is 0. The van der Waals surface area contributed by atoms with Crippen molar-refractivity contribution in [1.29, 1.82) is 0 Å². The molecule has 4 heavy (non-hydrogen) atoms. The Morgan fingerprint density at radius 3 is 1.25 bits per heavy atom. The molecule has 0 aliphatic heterocycles. The maximum absolute atomic E-state index is 7.14. The second kappa shape index (κ2) is 23.5. The molecule has 0 saturated carbocycles. The third kappa shape index (κ3) is 9.55. The van der Waals surface area contributed by atoms with Crippen molar-refractivity contribution >= 4 is 36.7 Å². The molecule has 0 bridgehead atoms. The summed E-state index contributed by atoms with van der Waals surface area (Å²) in [6.07, 6.45) is 0. The number of hydrogen-bond acceptors (Lipinski definition) is 1. The van der Waals surface area contributed by atoms with Gasteiger partial charge in [-0.1, -0.05) is 0 Å². The molecule has 1 N–H and O–H groups in total. The minimum Gasteiger partial charge on any atom is 0 e. The summed E-state index contributed by atoms with van der Waals surface area (Å²) in [7, 11) is 0.306. The number of hydrogen-bond donors (Lipinski definition) is 1. The van der Waals surface area contributed by atoms with Crippen LogP contribution >= 0.6 is 0 Å². The zero-order valence-electron chi connectivity index (χ0n) is 2.51. The Morgan fingerprint density at radius 1 is 1.25 bits per heavy atom. The first-order chi connectivity index (χ1) is 1.00. The Labute approximate surface area is 58.3 Å². The van der Waals surface area contributed by atoms with Gasteiger partial charge in [-0.2, -0.15) is 0 Å². The van der Waals surface area contributed by atoms with E-state index in [-0.39, 0.29) is 43.3 Å². The van der Waals surface area contributed by atoms with Gasteiger partial charge in [-0.15, -0.1) is 0 Å². The van der Waals surface area contributed by atoms with Gasteiger partial charge in [-0.25, -0.2) is 0 Å². The van der Waals surface area contributed by atoms with Crippen LogP contribution in [0.5, 0.6) is 0 Å². The van der Waals surface area contributed by atoms with Gasteiger partial charge in [0.1, 0.15) is 10.5 Å². The molecule has 4 heteroatoms. The SMILES string of the molecule is O[SiH3].[BiH3].[Fe]. The Bertz CT molecular complexity index is 8.00. The molecule has 1 nitrogen and oxygen atoms in total. The van der Waals surface area contributed by atoms with Crippen molar-refractivity contribution in [2.24, 2.45) is 0 Å². The Balaban J connectivity index is -0.00000000500. The molecule has 0 saturated heterocycles. The summed E-state index contributed by atoms with van der Waals surface area (Å²) in [5.74, 6) is 0. The molecule has 0 aromatic rings. The fraction of sp³-hybridized carbons (Fsp3) is 0. The normalized spacial score (nSPS) is 2.25. The quantitative estimate of drug-likeness (QED) is 0.475. The fourth-order valence-corrected chi connectivity index (χ4v) is 0. The van der Waals surface area contributed by atoms with E-state index in [2.05, 4.69) is 0 Å². The maximum atomic E-state index is 7.14. The summed E-state index contributed by atoms with van der Waals surface area (Å²) in [4.78, 5) is 7.14. The fourth-order valence-electron chi connectivity index (χ4n) is 0. The summed E-state index contributed by atoms with van der Waals surface area (Å²) in [5, 5.41) is 0. The monoisotopic (exact) mass is 316 g/mol. The van der Waals surface area contributed by atoms with Crippen molar-refractivity contribution in [3.8, 4) is 0 Å². The van der Waals surface area contributed by atoms with Crippen LogP contribution in [0.4, 0.5) is 0 Å². The molecule has 0 spiro atoms. The van der Waals surface area contributed by atoms with Gasteiger partial charge in [0, 0.05) is 17.1 Å². The summed E-state index contributed by atoms with van der Waals surface area (Å²) >= 11 is 0. The van der Waals surface area contributed by atoms with E-state index in [0.29, 0.717) is 10.5 Å². The van der Waals surface area contributed by atoms with Gasteiger partial charge in [0.25, 0.3) is 0 Å². The molecule has 0 heterocycles. The smallest absolute Gasteiger partial charge is 0 e. The van der Waals surface area contributed by atoms with Crippen molar-refractivity contribution in [1.82, 2.24) is 0 Å². The average molecular weight is 316 g/mol. The molecule has 0 aliphatic carbocycles. The van der Waals surface area contributed by atoms with Gasteiger partial charge in [0.2, 0.25) is 0 Å². The first-order valence-electron chi connectivity index (χ1n) is 0.447. The van der Waals surface area contributed by atoms with E-state index < -0.39 is 0 Å². The van der Waals surface area contributed by atoms with Crippen molar-refractivity contribution in [2.75, 3.05) is 0 Å². The van der Waals surface area contributed by atoms with E-state index in [0.717, 1.165) is 0 Å². The first kappa shape index (κ1) is 17.6. The molecule has 0 aromatic heterocycles. The third-order valence-electron chi connectivity index (χ3n) is 0. The summed E-state index contributed by atoms with van der Waals surface area (Å²) < 4.78 is 0. The predicted molar refractivity (Wildman–Crippen MR) is 22.1 cm³/mol. The summed E-state index contributed by atoms with van der Waals surface area (Å²) in [5.41, 5.74) is 0. The van der Waals surface area contributed by atoms with Crippen molar-refractivity contribution in [3.63, 3.8) is 0 Å². The van der Waals surface area contributed by atoms with Crippen LogP contribution in [0.2, 0.25) is 0 Å². The van der Waals surface area contributed by atoms with Crippen molar-refractivity contribution in [2.45, 2.75) is 0 Å². The molecule has 0 atom stereocenters. The predicted octanol–water partition coefficient (Wildman–Crippen LogP) is -2.93. The Kier molecular flexibility index (Phi) is 103. The molecule has 0 amide bonds. The zero-order valence-corrected chi connectivity index (χ0v) is 11.1. The van der Waals surface area contributed by atoms with E-state index in [1.54, 1.807) is 0 Å². The molecule has 0 fully saturated rings. The van der Waals surface area contributed by atoms with Crippen LogP contribution in [-0.2, 0) is 17.1 Å². The molecule has 0 unspecified atom stereocenters. The zero-order chi connectivity index (χ0) is 2.00. The van der Waals surface area contributed by atoms with E-state index in [1.165, 1.54) is 0 Å². The molecular weight excluding hydrogens is 309 g/mol.